The maximum Gasteiger partial charge on any atom is 0.0886 e. The third-order valence-electron chi connectivity index (χ3n) is 3.96. The number of hydrogen-bond acceptors (Lipinski definition) is 3. The second-order valence-electron chi connectivity index (χ2n) is 6.14. The van der Waals surface area contributed by atoms with Crippen LogP contribution in [0, 0.1) is 0 Å². The first kappa shape index (κ1) is 16.8. The van der Waals surface area contributed by atoms with Crippen molar-refractivity contribution in [3.8, 4) is 0 Å². The molecule has 0 radical (unpaired) electrons. The molecule has 0 aliphatic heterocycles. The average Bonchev–Trinajstić information content (AvgIpc) is 2.22. The molecule has 0 aliphatic carbocycles. The Balaban J connectivity index is 4.62. The molecular weight excluding hydrogens is 230 g/mol. The first-order valence-corrected chi connectivity index (χ1v) is 9.30. The van der Waals surface area contributed by atoms with E-state index in [0.29, 0.717) is 13.2 Å². The summed E-state index contributed by atoms with van der Waals surface area (Å²) < 4.78 is 5.45. The van der Waals surface area contributed by atoms with Gasteiger partial charge in [0.15, 0.2) is 0 Å². The lowest BCUT2D eigenvalue weighted by Gasteiger charge is -2.43. The van der Waals surface area contributed by atoms with Crippen molar-refractivity contribution in [1.29, 1.82) is 0 Å². The molecule has 0 fully saturated rings. The van der Waals surface area contributed by atoms with Gasteiger partial charge in [-0.1, -0.05) is 39.9 Å². The Morgan fingerprint density at radius 1 is 1.41 bits per heavy atom. The van der Waals surface area contributed by atoms with Crippen molar-refractivity contribution in [2.45, 2.75) is 50.7 Å². The Morgan fingerprint density at radius 3 is 2.29 bits per heavy atom. The number of ether oxygens (including phenoxy) is 1. The van der Waals surface area contributed by atoms with E-state index in [1.165, 1.54) is 0 Å². The maximum atomic E-state index is 10.6. The molecule has 1 unspecified atom stereocenters. The summed E-state index contributed by atoms with van der Waals surface area (Å²) in [5, 5.41) is 13.9. The van der Waals surface area contributed by atoms with Crippen LogP contribution in [-0.2, 0) is 4.74 Å². The highest BCUT2D eigenvalue weighted by Crippen LogP contribution is 2.38. The fraction of sp³-hybridized carbons (Fsp3) is 0.846. The van der Waals surface area contributed by atoms with E-state index in [4.69, 9.17) is 4.74 Å². The normalized spacial score (nSPS) is 16.6. The van der Waals surface area contributed by atoms with E-state index in [1.807, 2.05) is 7.05 Å². The van der Waals surface area contributed by atoms with Gasteiger partial charge in [0.25, 0.3) is 0 Å². The van der Waals surface area contributed by atoms with Gasteiger partial charge in [0.1, 0.15) is 0 Å². The topological polar surface area (TPSA) is 41.5 Å². The van der Waals surface area contributed by atoms with Crippen LogP contribution in [0.25, 0.3) is 0 Å². The zero-order valence-electron chi connectivity index (χ0n) is 12.2. The van der Waals surface area contributed by atoms with Gasteiger partial charge in [-0.25, -0.2) is 0 Å². The summed E-state index contributed by atoms with van der Waals surface area (Å²) in [6.45, 7) is 15.8. The van der Waals surface area contributed by atoms with Crippen LogP contribution in [0.3, 0.4) is 0 Å². The molecule has 2 N–H and O–H groups in total. The van der Waals surface area contributed by atoms with Gasteiger partial charge >= 0.3 is 0 Å². The third kappa shape index (κ3) is 4.54. The number of hydrogen-bond donors (Lipinski definition) is 2. The summed E-state index contributed by atoms with van der Waals surface area (Å²) in [6.07, 6.45) is 1.73. The molecule has 0 saturated heterocycles. The molecule has 0 aliphatic rings. The quantitative estimate of drug-likeness (QED) is 0.418. The molecule has 0 bridgehead atoms. The number of aliphatic hydroxyl groups excluding tert-OH is 1. The van der Waals surface area contributed by atoms with Gasteiger partial charge in [0.05, 0.1) is 33.1 Å². The molecule has 0 heterocycles. The molecule has 0 aromatic rings. The minimum absolute atomic E-state index is 0.00385. The largest absolute Gasteiger partial charge is 0.395 e. The summed E-state index contributed by atoms with van der Waals surface area (Å²) >= 11 is 0. The van der Waals surface area contributed by atoms with E-state index >= 15 is 0 Å². The van der Waals surface area contributed by atoms with Gasteiger partial charge in [-0.05, 0) is 12.1 Å². The molecule has 2 atom stereocenters. The maximum absolute atomic E-state index is 10.6. The van der Waals surface area contributed by atoms with Crippen molar-refractivity contribution in [1.82, 2.24) is 5.32 Å². The van der Waals surface area contributed by atoms with E-state index in [1.54, 1.807) is 6.08 Å². The Kier molecular flexibility index (Phi) is 6.62. The molecule has 3 nitrogen and oxygen atoms in total. The van der Waals surface area contributed by atoms with E-state index < -0.39 is 8.07 Å². The Bertz CT molecular complexity index is 236. The van der Waals surface area contributed by atoms with E-state index in [0.717, 1.165) is 0 Å². The second-order valence-corrected chi connectivity index (χ2v) is 11.7. The predicted molar refractivity (Wildman–Crippen MR) is 77.1 cm³/mol. The summed E-state index contributed by atoms with van der Waals surface area (Å²) in [5.74, 6) is 0. The van der Waals surface area contributed by atoms with Gasteiger partial charge in [0.2, 0.25) is 0 Å². The molecule has 4 heteroatoms. The van der Waals surface area contributed by atoms with Crippen molar-refractivity contribution in [2.24, 2.45) is 0 Å². The van der Waals surface area contributed by atoms with Gasteiger partial charge in [-0.2, -0.15) is 0 Å². The van der Waals surface area contributed by atoms with Gasteiger partial charge in [0, 0.05) is 0 Å². The standard InChI is InChI=1S/C13H29NO2Si/c1-8-9-16-10-11(14-5)12(15)17(6,7)13(2,3)4/h8,11-12,14-15H,1,9-10H2,2-7H3/t11-,12?/m1/s1. The second kappa shape index (κ2) is 6.68. The zero-order chi connectivity index (χ0) is 13.7. The van der Waals surface area contributed by atoms with Crippen LogP contribution in [0.1, 0.15) is 20.8 Å². The Hall–Kier alpha value is -0.163. The van der Waals surface area contributed by atoms with E-state index in [9.17, 15) is 5.11 Å². The number of rotatable bonds is 7. The average molecular weight is 259 g/mol. The summed E-state index contributed by atoms with van der Waals surface area (Å²) in [5.41, 5.74) is -0.322. The molecule has 0 aromatic carbocycles. The molecule has 17 heavy (non-hydrogen) atoms. The predicted octanol–water partition coefficient (Wildman–Crippen LogP) is 2.19. The van der Waals surface area contributed by atoms with Crippen LogP contribution in [-0.4, -0.2) is 45.2 Å². The van der Waals surface area contributed by atoms with Crippen LogP contribution in [0.4, 0.5) is 0 Å². The minimum Gasteiger partial charge on any atom is -0.395 e. The molecular formula is C13H29NO2Si. The monoisotopic (exact) mass is 259 g/mol. The van der Waals surface area contributed by atoms with Crippen LogP contribution in [0.2, 0.25) is 18.1 Å². The molecule has 0 aromatic heterocycles. The Morgan fingerprint density at radius 2 is 1.94 bits per heavy atom. The molecule has 102 valence electrons. The SMILES string of the molecule is C=CCOC[C@@H](NC)C(O)[Si](C)(C)C(C)(C)C. The molecule has 0 amide bonds. The molecule has 0 rings (SSSR count). The highest BCUT2D eigenvalue weighted by atomic mass is 28.3. The lowest BCUT2D eigenvalue weighted by molar-refractivity contribution is 0.0903. The highest BCUT2D eigenvalue weighted by Gasteiger charge is 2.44. The van der Waals surface area contributed by atoms with Crippen LogP contribution in [0.5, 0.6) is 0 Å². The third-order valence-corrected chi connectivity index (χ3v) is 9.70. The lowest BCUT2D eigenvalue weighted by atomic mass is 10.2. The van der Waals surface area contributed by atoms with Crippen molar-refractivity contribution >= 4 is 8.07 Å². The van der Waals surface area contributed by atoms with Crippen LogP contribution >= 0.6 is 0 Å². The van der Waals surface area contributed by atoms with E-state index in [2.05, 4.69) is 45.8 Å². The summed E-state index contributed by atoms with van der Waals surface area (Å²) in [7, 11) is 0.108. The zero-order valence-corrected chi connectivity index (χ0v) is 13.2. The van der Waals surface area contributed by atoms with E-state index in [-0.39, 0.29) is 16.8 Å². The number of aliphatic hydroxyl groups is 1. The van der Waals surface area contributed by atoms with Gasteiger partial charge in [-0.15, -0.1) is 6.58 Å². The van der Waals surface area contributed by atoms with Crippen LogP contribution in [0.15, 0.2) is 12.7 Å². The molecule has 0 spiro atoms. The van der Waals surface area contributed by atoms with Crippen LogP contribution < -0.4 is 5.32 Å². The number of likely N-dealkylation sites (N-methyl/N-ethyl adjacent to an activating group) is 1. The fourth-order valence-corrected chi connectivity index (χ4v) is 3.71. The molecule has 0 saturated carbocycles. The van der Waals surface area contributed by atoms with Gasteiger partial charge in [-0.3, -0.25) is 0 Å². The summed E-state index contributed by atoms with van der Waals surface area (Å²) in [4.78, 5) is 0. The smallest absolute Gasteiger partial charge is 0.0886 e. The van der Waals surface area contributed by atoms with Crippen molar-refractivity contribution < 1.29 is 9.84 Å². The van der Waals surface area contributed by atoms with Crippen molar-refractivity contribution in [2.75, 3.05) is 20.3 Å². The first-order chi connectivity index (χ1) is 7.68. The van der Waals surface area contributed by atoms with Crippen molar-refractivity contribution in [3.05, 3.63) is 12.7 Å². The van der Waals surface area contributed by atoms with Gasteiger partial charge < -0.3 is 15.2 Å². The highest BCUT2D eigenvalue weighted by molar-refractivity contribution is 6.81. The Labute approximate surface area is 107 Å². The fourth-order valence-electron chi connectivity index (χ4n) is 1.56. The summed E-state index contributed by atoms with van der Waals surface area (Å²) in [6, 6.07) is -0.00385. The first-order valence-electron chi connectivity index (χ1n) is 6.22. The number of nitrogens with one attached hydrogen (secondary N) is 1. The minimum atomic E-state index is -1.77. The van der Waals surface area contributed by atoms with Crippen molar-refractivity contribution in [3.63, 3.8) is 0 Å². The lowest BCUT2D eigenvalue weighted by Crippen LogP contribution is -2.59.